The van der Waals surface area contributed by atoms with E-state index in [1.165, 1.54) is 12.1 Å². The second kappa shape index (κ2) is 8.80. The van der Waals surface area contributed by atoms with E-state index in [9.17, 15) is 9.18 Å². The van der Waals surface area contributed by atoms with Gasteiger partial charge in [-0.2, -0.15) is 0 Å². The highest BCUT2D eigenvalue weighted by molar-refractivity contribution is 5.80. The molecule has 5 rings (SSSR count). The number of piperidine rings is 1. The third-order valence-electron chi connectivity index (χ3n) is 6.30. The van der Waals surface area contributed by atoms with E-state index in [1.54, 1.807) is 12.4 Å². The monoisotopic (exact) mass is 435 g/mol. The second-order valence-electron chi connectivity index (χ2n) is 8.45. The largest absolute Gasteiger partial charge is 0.352 e. The lowest BCUT2D eigenvalue weighted by atomic mass is 9.88. The number of amides is 1. The van der Waals surface area contributed by atoms with Crippen LogP contribution in [-0.4, -0.2) is 44.5 Å². The number of nitrogens with zero attached hydrogens (tertiary/aromatic N) is 4. The van der Waals surface area contributed by atoms with Crippen molar-refractivity contribution in [2.75, 3.05) is 13.1 Å². The summed E-state index contributed by atoms with van der Waals surface area (Å²) in [5.74, 6) is 0.539. The lowest BCUT2D eigenvalue weighted by Gasteiger charge is -2.45. The highest BCUT2D eigenvalue weighted by atomic mass is 19.1. The first-order valence-electron chi connectivity index (χ1n) is 11.0. The van der Waals surface area contributed by atoms with Gasteiger partial charge in [0.25, 0.3) is 5.91 Å². The van der Waals surface area contributed by atoms with Crippen molar-refractivity contribution < 1.29 is 13.9 Å². The predicted octanol–water partition coefficient (Wildman–Crippen LogP) is 2.62. The fourth-order valence-corrected chi connectivity index (χ4v) is 4.59. The maximum Gasteiger partial charge on any atom is 0.251 e. The number of nitrogens with one attached hydrogen (secondary N) is 1. The first-order chi connectivity index (χ1) is 15.6. The van der Waals surface area contributed by atoms with Crippen LogP contribution in [0.4, 0.5) is 4.39 Å². The van der Waals surface area contributed by atoms with Crippen LogP contribution in [0.1, 0.15) is 29.9 Å². The molecule has 0 aliphatic carbocycles. The molecule has 3 aromatic rings. The normalized spacial score (nSPS) is 20.1. The molecule has 2 aliphatic rings. The van der Waals surface area contributed by atoms with E-state index in [0.717, 1.165) is 49.6 Å². The second-order valence-corrected chi connectivity index (χ2v) is 8.45. The van der Waals surface area contributed by atoms with E-state index >= 15 is 0 Å². The molecule has 7 nitrogen and oxygen atoms in total. The number of carbonyl (C=O) groups is 1. The molecular formula is C24H26FN5O2. The summed E-state index contributed by atoms with van der Waals surface area (Å²) >= 11 is 0. The van der Waals surface area contributed by atoms with Gasteiger partial charge in [-0.25, -0.2) is 9.37 Å². The minimum Gasteiger partial charge on any atom is -0.352 e. The molecule has 1 atom stereocenters. The number of fused-ring (bicyclic) bond motifs is 2. The maximum atomic E-state index is 13.2. The SMILES string of the molecule is O=C(NCc1ccccn1)C1Cn2ccnc2C2(CCN(Cc3ccc(F)cc3)CC2)O1. The molecule has 2 aliphatic heterocycles. The van der Waals surface area contributed by atoms with Crippen LogP contribution in [-0.2, 0) is 34.8 Å². The van der Waals surface area contributed by atoms with Crippen LogP contribution in [0.5, 0.6) is 0 Å². The van der Waals surface area contributed by atoms with E-state index in [1.807, 2.05) is 41.1 Å². The molecule has 1 unspecified atom stereocenters. The van der Waals surface area contributed by atoms with Gasteiger partial charge in [0.1, 0.15) is 17.2 Å². The van der Waals surface area contributed by atoms with Crippen LogP contribution < -0.4 is 5.32 Å². The Morgan fingerprint density at radius 2 is 1.94 bits per heavy atom. The topological polar surface area (TPSA) is 72.3 Å². The molecule has 0 radical (unpaired) electrons. The van der Waals surface area contributed by atoms with Gasteiger partial charge in [-0.3, -0.25) is 14.7 Å². The zero-order valence-corrected chi connectivity index (χ0v) is 17.8. The van der Waals surface area contributed by atoms with Crippen molar-refractivity contribution in [3.8, 4) is 0 Å². The fraction of sp³-hybridized carbons (Fsp3) is 0.375. The Hall–Kier alpha value is -3.10. The van der Waals surface area contributed by atoms with Gasteiger partial charge in [0, 0.05) is 38.2 Å². The Kier molecular flexibility index (Phi) is 5.71. The van der Waals surface area contributed by atoms with Gasteiger partial charge in [-0.05, 0) is 42.7 Å². The van der Waals surface area contributed by atoms with E-state index in [0.29, 0.717) is 13.1 Å². The van der Waals surface area contributed by atoms with Crippen molar-refractivity contribution in [2.45, 2.75) is 44.2 Å². The van der Waals surface area contributed by atoms with Crippen LogP contribution in [0, 0.1) is 5.82 Å². The molecular weight excluding hydrogens is 409 g/mol. The standard InChI is InChI=1S/C24H26FN5O2/c25-19-6-4-18(5-7-19)16-29-12-8-24(9-13-29)23-27-11-14-30(23)17-21(32-24)22(31)28-15-20-3-1-2-10-26-20/h1-7,10-11,14,21H,8-9,12-13,15-17H2,(H,28,31). The van der Waals surface area contributed by atoms with Gasteiger partial charge in [0.15, 0.2) is 6.10 Å². The van der Waals surface area contributed by atoms with Crippen LogP contribution >= 0.6 is 0 Å². The van der Waals surface area contributed by atoms with Gasteiger partial charge in [0.05, 0.1) is 18.8 Å². The smallest absolute Gasteiger partial charge is 0.251 e. The molecule has 1 N–H and O–H groups in total. The molecule has 0 bridgehead atoms. The van der Waals surface area contributed by atoms with Crippen molar-refractivity contribution in [3.63, 3.8) is 0 Å². The van der Waals surface area contributed by atoms with Gasteiger partial charge >= 0.3 is 0 Å². The predicted molar refractivity (Wildman–Crippen MR) is 116 cm³/mol. The molecule has 8 heteroatoms. The molecule has 166 valence electrons. The summed E-state index contributed by atoms with van der Waals surface area (Å²) in [7, 11) is 0. The number of imidazole rings is 1. The third kappa shape index (κ3) is 4.28. The molecule has 1 amide bonds. The number of halogens is 1. The third-order valence-corrected chi connectivity index (χ3v) is 6.30. The number of likely N-dealkylation sites (tertiary alicyclic amines) is 1. The van der Waals surface area contributed by atoms with E-state index in [2.05, 4.69) is 20.2 Å². The van der Waals surface area contributed by atoms with Gasteiger partial charge < -0.3 is 14.6 Å². The van der Waals surface area contributed by atoms with Gasteiger partial charge in [0.2, 0.25) is 0 Å². The summed E-state index contributed by atoms with van der Waals surface area (Å²) < 4.78 is 21.7. The average Bonchev–Trinajstić information content (AvgIpc) is 3.31. The number of aromatic nitrogens is 3. The fourth-order valence-electron chi connectivity index (χ4n) is 4.59. The number of rotatable bonds is 5. The molecule has 1 fully saturated rings. The average molecular weight is 436 g/mol. The zero-order chi connectivity index (χ0) is 22.0. The molecule has 2 aromatic heterocycles. The highest BCUT2D eigenvalue weighted by Gasteiger charge is 2.47. The van der Waals surface area contributed by atoms with Crippen LogP contribution in [0.2, 0.25) is 0 Å². The van der Waals surface area contributed by atoms with Crippen molar-refractivity contribution >= 4 is 5.91 Å². The van der Waals surface area contributed by atoms with Gasteiger partial charge in [-0.1, -0.05) is 18.2 Å². The quantitative estimate of drug-likeness (QED) is 0.667. The number of hydrogen-bond donors (Lipinski definition) is 1. The van der Waals surface area contributed by atoms with Crippen molar-refractivity contribution in [1.82, 2.24) is 24.8 Å². The van der Waals surface area contributed by atoms with Crippen LogP contribution in [0.15, 0.2) is 61.1 Å². The number of carbonyl (C=O) groups excluding carboxylic acids is 1. The Bertz CT molecular complexity index is 1060. The Balaban J connectivity index is 1.25. The molecule has 1 spiro atoms. The number of benzene rings is 1. The summed E-state index contributed by atoms with van der Waals surface area (Å²) in [4.78, 5) is 24.1. The summed E-state index contributed by atoms with van der Waals surface area (Å²) in [6, 6.07) is 12.3. The number of hydrogen-bond acceptors (Lipinski definition) is 5. The summed E-state index contributed by atoms with van der Waals surface area (Å²) in [5.41, 5.74) is 1.32. The highest BCUT2D eigenvalue weighted by Crippen LogP contribution is 2.40. The van der Waals surface area contributed by atoms with E-state index < -0.39 is 11.7 Å². The minimum absolute atomic E-state index is 0.136. The van der Waals surface area contributed by atoms with Crippen molar-refractivity contribution in [2.24, 2.45) is 0 Å². The lowest BCUT2D eigenvalue weighted by Crippen LogP contribution is -2.53. The lowest BCUT2D eigenvalue weighted by molar-refractivity contribution is -0.174. The van der Waals surface area contributed by atoms with Crippen LogP contribution in [0.25, 0.3) is 0 Å². The van der Waals surface area contributed by atoms with E-state index in [4.69, 9.17) is 4.74 Å². The number of ether oxygens (including phenoxy) is 1. The summed E-state index contributed by atoms with van der Waals surface area (Å²) in [5, 5.41) is 2.96. The molecule has 1 saturated heterocycles. The van der Waals surface area contributed by atoms with Crippen molar-refractivity contribution in [3.05, 3.63) is 84.0 Å². The van der Waals surface area contributed by atoms with E-state index in [-0.39, 0.29) is 11.7 Å². The Labute approximate surface area is 186 Å². The molecule has 32 heavy (non-hydrogen) atoms. The molecule has 0 saturated carbocycles. The number of pyridine rings is 1. The zero-order valence-electron chi connectivity index (χ0n) is 17.8. The maximum absolute atomic E-state index is 13.2. The summed E-state index contributed by atoms with van der Waals surface area (Å²) in [6.07, 6.45) is 6.32. The minimum atomic E-state index is -0.580. The Morgan fingerprint density at radius 1 is 1.12 bits per heavy atom. The Morgan fingerprint density at radius 3 is 2.69 bits per heavy atom. The van der Waals surface area contributed by atoms with Gasteiger partial charge in [-0.15, -0.1) is 0 Å². The summed E-state index contributed by atoms with van der Waals surface area (Å²) in [6.45, 7) is 3.21. The first-order valence-corrected chi connectivity index (χ1v) is 11.0. The van der Waals surface area contributed by atoms with Crippen LogP contribution in [0.3, 0.4) is 0 Å². The molecule has 4 heterocycles. The molecule has 1 aromatic carbocycles. The van der Waals surface area contributed by atoms with Crippen molar-refractivity contribution in [1.29, 1.82) is 0 Å². The first kappa shape index (κ1) is 20.8.